The van der Waals surface area contributed by atoms with E-state index in [9.17, 15) is 34.1 Å². The highest BCUT2D eigenvalue weighted by Crippen LogP contribution is 2.44. The Kier molecular flexibility index (Phi) is 10.7. The molecule has 2 aromatic rings. The Morgan fingerprint density at radius 1 is 0.907 bits per heavy atom. The average molecular weight is 612 g/mol. The van der Waals surface area contributed by atoms with E-state index in [0.29, 0.717) is 42.3 Å². The molecule has 0 radical (unpaired) electrons. The third-order valence-corrected chi connectivity index (χ3v) is 7.84. The second-order valence-corrected chi connectivity index (χ2v) is 11.5. The Morgan fingerprint density at radius 2 is 1.65 bits per heavy atom. The van der Waals surface area contributed by atoms with Crippen LogP contribution in [0.5, 0.6) is 5.75 Å². The van der Waals surface area contributed by atoms with E-state index in [1.807, 2.05) is 6.92 Å². The third kappa shape index (κ3) is 8.30. The van der Waals surface area contributed by atoms with Gasteiger partial charge in [0, 0.05) is 40.8 Å². The highest BCUT2D eigenvalue weighted by Gasteiger charge is 2.23. The molecule has 4 rings (SSSR count). The number of benzene rings is 3. The van der Waals surface area contributed by atoms with Crippen LogP contribution in [0, 0.1) is 0 Å². The molecule has 1 atom stereocenters. The van der Waals surface area contributed by atoms with E-state index in [4.69, 9.17) is 13.5 Å². The zero-order chi connectivity index (χ0) is 31.0. The number of aromatic carboxylic acids is 1. The fraction of sp³-hybridized carbons (Fsp3) is 0.323. The lowest BCUT2D eigenvalue weighted by Gasteiger charge is -2.17. The van der Waals surface area contributed by atoms with Crippen molar-refractivity contribution in [2.75, 3.05) is 19.8 Å². The molecule has 4 N–H and O–H groups in total. The van der Waals surface area contributed by atoms with Crippen LogP contribution in [0.3, 0.4) is 0 Å². The van der Waals surface area contributed by atoms with Gasteiger partial charge in [0.05, 0.1) is 18.8 Å². The van der Waals surface area contributed by atoms with Crippen LogP contribution < -0.4 is 10.7 Å². The van der Waals surface area contributed by atoms with Crippen molar-refractivity contribution in [1.29, 1.82) is 0 Å². The number of carboxylic acid groups (broad SMARTS) is 1. The quantitative estimate of drug-likeness (QED) is 0.0689. The number of hydrogen-bond donors (Lipinski definition) is 4. The van der Waals surface area contributed by atoms with Crippen LogP contribution in [0.2, 0.25) is 0 Å². The number of fused-ring (bicyclic) bond motifs is 2. The number of unbranched alkanes of at least 4 members (excludes halogenated alkanes) is 4. The molecule has 228 valence electrons. The number of nitrogens with one attached hydrogen (secondary N) is 1. The van der Waals surface area contributed by atoms with Crippen LogP contribution in [-0.4, -0.2) is 46.7 Å². The number of phenolic OH excluding ortho intramolecular Hbond substituents is 1. The molecule has 0 bridgehead atoms. The maximum absolute atomic E-state index is 13.0. The molecule has 11 nitrogen and oxygen atoms in total. The highest BCUT2D eigenvalue weighted by atomic mass is 31.2. The molecular weight excluding hydrogens is 577 g/mol. The largest absolute Gasteiger partial charge is 0.508 e. The first-order valence-electron chi connectivity index (χ1n) is 14.1. The topological polar surface area (TPSA) is 173 Å². The van der Waals surface area contributed by atoms with Gasteiger partial charge in [0.2, 0.25) is 0 Å². The molecular formula is C31H34NO10P. The number of rotatable bonds is 15. The van der Waals surface area contributed by atoms with E-state index in [2.05, 4.69) is 5.32 Å². The lowest BCUT2D eigenvalue weighted by Crippen LogP contribution is -2.24. The van der Waals surface area contributed by atoms with Crippen molar-refractivity contribution in [3.8, 4) is 28.2 Å². The van der Waals surface area contributed by atoms with Gasteiger partial charge in [-0.1, -0.05) is 26.2 Å². The minimum absolute atomic E-state index is 0.0463. The van der Waals surface area contributed by atoms with Crippen molar-refractivity contribution >= 4 is 30.7 Å². The summed E-state index contributed by atoms with van der Waals surface area (Å²) in [7, 11) is -4.02. The van der Waals surface area contributed by atoms with E-state index in [0.717, 1.165) is 19.3 Å². The van der Waals surface area contributed by atoms with Crippen LogP contribution >= 0.6 is 7.82 Å². The summed E-state index contributed by atoms with van der Waals surface area (Å²) in [6.07, 6.45) is 4.22. The molecule has 12 heteroatoms. The van der Waals surface area contributed by atoms with Gasteiger partial charge in [-0.05, 0) is 67.3 Å². The van der Waals surface area contributed by atoms with Gasteiger partial charge in [0.15, 0.2) is 5.43 Å². The number of carbonyl (C=O) groups excluding carboxylic acids is 1. The van der Waals surface area contributed by atoms with Crippen molar-refractivity contribution in [1.82, 2.24) is 5.32 Å². The second kappa shape index (κ2) is 14.4. The predicted octanol–water partition coefficient (Wildman–Crippen LogP) is 6.19. The highest BCUT2D eigenvalue weighted by molar-refractivity contribution is 7.47. The Morgan fingerprint density at radius 3 is 2.40 bits per heavy atom. The zero-order valence-electron chi connectivity index (χ0n) is 23.7. The predicted molar refractivity (Wildman–Crippen MR) is 161 cm³/mol. The van der Waals surface area contributed by atoms with Crippen molar-refractivity contribution in [3.63, 3.8) is 0 Å². The lowest BCUT2D eigenvalue weighted by atomic mass is 9.89. The number of aromatic hydroxyl groups is 1. The molecule has 1 aliphatic carbocycles. The molecule has 1 heterocycles. The van der Waals surface area contributed by atoms with Crippen LogP contribution in [0.15, 0.2) is 63.8 Å². The van der Waals surface area contributed by atoms with Gasteiger partial charge in [-0.2, -0.15) is 0 Å². The van der Waals surface area contributed by atoms with E-state index in [-0.39, 0.29) is 58.3 Å². The Balaban J connectivity index is 1.45. The summed E-state index contributed by atoms with van der Waals surface area (Å²) in [4.78, 5) is 46.9. The molecule has 1 aliphatic heterocycles. The monoisotopic (exact) mass is 611 g/mol. The first kappa shape index (κ1) is 31.9. The number of phenols is 1. The zero-order valence-corrected chi connectivity index (χ0v) is 24.6. The molecule has 1 amide bonds. The molecule has 1 unspecified atom stereocenters. The first-order chi connectivity index (χ1) is 20.6. The maximum atomic E-state index is 13.0. The van der Waals surface area contributed by atoms with E-state index in [1.165, 1.54) is 42.5 Å². The number of amides is 1. The normalized spacial score (nSPS) is 12.8. The second-order valence-electron chi connectivity index (χ2n) is 10.0. The molecule has 0 aromatic heterocycles. The molecule has 0 fully saturated rings. The number of hydrogen-bond acceptors (Lipinski definition) is 8. The molecule has 0 spiro atoms. The first-order valence-corrected chi connectivity index (χ1v) is 15.6. The Hall–Kier alpha value is -4.02. The maximum Gasteiger partial charge on any atom is 0.472 e. The smallest absolute Gasteiger partial charge is 0.472 e. The number of carbonyl (C=O) groups is 2. The molecule has 43 heavy (non-hydrogen) atoms. The third-order valence-electron chi connectivity index (χ3n) is 6.82. The summed E-state index contributed by atoms with van der Waals surface area (Å²) in [5.41, 5.74) is 1.34. The molecule has 0 saturated heterocycles. The van der Waals surface area contributed by atoms with Crippen molar-refractivity contribution in [2.24, 2.45) is 0 Å². The van der Waals surface area contributed by atoms with E-state index < -0.39 is 13.8 Å². The summed E-state index contributed by atoms with van der Waals surface area (Å²) >= 11 is 0. The van der Waals surface area contributed by atoms with Gasteiger partial charge in [-0.3, -0.25) is 18.6 Å². The van der Waals surface area contributed by atoms with Crippen LogP contribution in [0.4, 0.5) is 0 Å². The summed E-state index contributed by atoms with van der Waals surface area (Å²) in [6, 6.07) is 12.9. The molecule has 2 aliphatic rings. The SMILES string of the molecule is CCCCOP(=O)(O)OCCCCCCNC(=O)c1ccc(C(=O)O)c(-c2c3ccc(=O)cc-3oc3cc(O)ccc23)c1. The van der Waals surface area contributed by atoms with Crippen LogP contribution in [-0.2, 0) is 13.6 Å². The van der Waals surface area contributed by atoms with E-state index >= 15 is 0 Å². The van der Waals surface area contributed by atoms with Gasteiger partial charge in [-0.15, -0.1) is 0 Å². The van der Waals surface area contributed by atoms with E-state index in [1.54, 1.807) is 12.1 Å². The summed E-state index contributed by atoms with van der Waals surface area (Å²) < 4.78 is 27.5. The minimum atomic E-state index is -4.02. The lowest BCUT2D eigenvalue weighted by molar-refractivity contribution is 0.0697. The van der Waals surface area contributed by atoms with Gasteiger partial charge < -0.3 is 24.8 Å². The minimum Gasteiger partial charge on any atom is -0.508 e. The Labute approximate surface area is 248 Å². The van der Waals surface area contributed by atoms with Gasteiger partial charge in [0.25, 0.3) is 5.91 Å². The van der Waals surface area contributed by atoms with Crippen molar-refractivity contribution in [2.45, 2.75) is 45.4 Å². The number of phosphoric acid groups is 1. The number of phosphoric ester groups is 1. The molecule has 0 saturated carbocycles. The van der Waals surface area contributed by atoms with Gasteiger partial charge >= 0.3 is 13.8 Å². The summed E-state index contributed by atoms with van der Waals surface area (Å²) in [5.74, 6) is -1.44. The standard InChI is InChI=1S/C31H34NO10P/c1-2-3-15-40-43(38,39)41-16-7-5-4-6-14-32-30(35)20-8-11-23(31(36)37)26(17-20)29-24-12-9-21(33)18-27(24)42-28-19-22(34)10-13-25(28)29/h8-13,17-19,33H,2-7,14-16H2,1H3,(H,32,35)(H,36,37)(H,38,39). The van der Waals surface area contributed by atoms with Gasteiger partial charge in [-0.25, -0.2) is 9.36 Å². The number of carboxylic acids is 1. The summed E-state index contributed by atoms with van der Waals surface area (Å²) in [6.45, 7) is 2.59. The fourth-order valence-corrected chi connectivity index (χ4v) is 5.45. The summed E-state index contributed by atoms with van der Waals surface area (Å²) in [5, 5.41) is 23.3. The van der Waals surface area contributed by atoms with Crippen molar-refractivity contribution in [3.05, 3.63) is 75.9 Å². The molecule has 2 aromatic carbocycles. The van der Waals surface area contributed by atoms with Gasteiger partial charge in [0.1, 0.15) is 17.1 Å². The Bertz CT molecular complexity index is 1680. The average Bonchev–Trinajstić information content (AvgIpc) is 2.96. The van der Waals surface area contributed by atoms with Crippen molar-refractivity contribution < 1.29 is 42.7 Å². The van der Waals surface area contributed by atoms with Crippen LogP contribution in [0.25, 0.3) is 33.4 Å². The fourth-order valence-electron chi connectivity index (χ4n) is 4.65. The van der Waals surface area contributed by atoms with Crippen LogP contribution in [0.1, 0.15) is 66.2 Å².